The van der Waals surface area contributed by atoms with Gasteiger partial charge in [0.25, 0.3) is 0 Å². The molecule has 0 saturated heterocycles. The van der Waals surface area contributed by atoms with Crippen LogP contribution >= 0.6 is 0 Å². The zero-order chi connectivity index (χ0) is 17.4. The number of aryl methyl sites for hydroxylation is 1. The summed E-state index contributed by atoms with van der Waals surface area (Å²) in [5.74, 6) is 0. The highest BCUT2D eigenvalue weighted by Crippen LogP contribution is 2.24. The number of pyridine rings is 1. The van der Waals surface area contributed by atoms with E-state index in [0.717, 1.165) is 18.5 Å². The maximum Gasteiger partial charge on any atom is 0.0725 e. The van der Waals surface area contributed by atoms with Gasteiger partial charge in [-0.3, -0.25) is 4.98 Å². The van der Waals surface area contributed by atoms with E-state index in [4.69, 9.17) is 0 Å². The minimum absolute atomic E-state index is 0.474. The molecule has 0 amide bonds. The molecule has 1 unspecified atom stereocenters. The average Bonchev–Trinajstić information content (AvgIpc) is 2.60. The lowest BCUT2D eigenvalue weighted by Gasteiger charge is -2.21. The average molecular weight is 328 g/mol. The van der Waals surface area contributed by atoms with Crippen molar-refractivity contribution in [3.63, 3.8) is 0 Å². The lowest BCUT2D eigenvalue weighted by atomic mass is 10.1. The summed E-state index contributed by atoms with van der Waals surface area (Å²) in [6.07, 6.45) is 6.64. The van der Waals surface area contributed by atoms with Gasteiger partial charge >= 0.3 is 0 Å². The number of rotatable bonds is 10. The van der Waals surface area contributed by atoms with E-state index in [9.17, 15) is 0 Å². The van der Waals surface area contributed by atoms with Gasteiger partial charge in [0.15, 0.2) is 0 Å². The molecule has 3 heteroatoms. The van der Waals surface area contributed by atoms with Crippen molar-refractivity contribution in [2.24, 2.45) is 0 Å². The Balaban J connectivity index is 1.94. The third-order valence-electron chi connectivity index (χ3n) is 4.72. The SMILES string of the molecule is CCCN(CC)CCCC(C)Nc1ccnc2cc(CC)ccc12. The first kappa shape index (κ1) is 18.7. The van der Waals surface area contributed by atoms with Crippen LogP contribution in [0.15, 0.2) is 30.5 Å². The molecule has 0 aliphatic carbocycles. The van der Waals surface area contributed by atoms with E-state index in [1.165, 1.54) is 49.0 Å². The zero-order valence-electron chi connectivity index (χ0n) is 15.8. The topological polar surface area (TPSA) is 28.2 Å². The van der Waals surface area contributed by atoms with Gasteiger partial charge in [0.05, 0.1) is 5.52 Å². The van der Waals surface area contributed by atoms with Crippen molar-refractivity contribution in [1.82, 2.24) is 9.88 Å². The van der Waals surface area contributed by atoms with Gasteiger partial charge in [0.1, 0.15) is 0 Å². The highest BCUT2D eigenvalue weighted by atomic mass is 15.1. The molecular weight excluding hydrogens is 294 g/mol. The van der Waals surface area contributed by atoms with Gasteiger partial charge < -0.3 is 10.2 Å². The molecule has 3 nitrogen and oxygen atoms in total. The molecule has 0 spiro atoms. The van der Waals surface area contributed by atoms with Gasteiger partial charge in [0, 0.05) is 23.3 Å². The van der Waals surface area contributed by atoms with E-state index in [1.807, 2.05) is 6.20 Å². The van der Waals surface area contributed by atoms with Crippen LogP contribution in [-0.4, -0.2) is 35.6 Å². The van der Waals surface area contributed by atoms with E-state index >= 15 is 0 Å². The van der Waals surface area contributed by atoms with Crippen LogP contribution in [0, 0.1) is 0 Å². The fraction of sp³-hybridized carbons (Fsp3) is 0.571. The molecule has 0 radical (unpaired) electrons. The lowest BCUT2D eigenvalue weighted by molar-refractivity contribution is 0.281. The monoisotopic (exact) mass is 327 g/mol. The van der Waals surface area contributed by atoms with Gasteiger partial charge in [-0.1, -0.05) is 32.9 Å². The van der Waals surface area contributed by atoms with Crippen LogP contribution in [0.5, 0.6) is 0 Å². The molecular formula is C21H33N3. The molecule has 1 heterocycles. The lowest BCUT2D eigenvalue weighted by Crippen LogP contribution is -2.26. The van der Waals surface area contributed by atoms with E-state index in [1.54, 1.807) is 0 Å². The third kappa shape index (κ3) is 5.20. The van der Waals surface area contributed by atoms with Crippen LogP contribution in [0.2, 0.25) is 0 Å². The second-order valence-electron chi connectivity index (χ2n) is 6.69. The first-order chi connectivity index (χ1) is 11.7. The summed E-state index contributed by atoms with van der Waals surface area (Å²) in [6, 6.07) is 9.19. The smallest absolute Gasteiger partial charge is 0.0725 e. The van der Waals surface area contributed by atoms with Crippen LogP contribution in [0.3, 0.4) is 0 Å². The first-order valence-corrected chi connectivity index (χ1v) is 9.54. The Morgan fingerprint density at radius 2 is 1.96 bits per heavy atom. The summed E-state index contributed by atoms with van der Waals surface area (Å²) >= 11 is 0. The minimum Gasteiger partial charge on any atom is -0.382 e. The van der Waals surface area contributed by atoms with Crippen LogP contribution in [-0.2, 0) is 6.42 Å². The van der Waals surface area contributed by atoms with Crippen molar-refractivity contribution < 1.29 is 0 Å². The van der Waals surface area contributed by atoms with Gasteiger partial charge in [-0.2, -0.15) is 0 Å². The van der Waals surface area contributed by atoms with Crippen molar-refractivity contribution >= 4 is 16.6 Å². The number of hydrogen-bond donors (Lipinski definition) is 1. The standard InChI is InChI=1S/C21H33N3/c1-5-14-24(7-3)15-8-9-17(4)23-20-12-13-22-21-16-18(6-2)10-11-19(20)21/h10-13,16-17H,5-9,14-15H2,1-4H3,(H,22,23). The molecule has 1 atom stereocenters. The molecule has 2 aromatic rings. The Kier molecular flexibility index (Phi) is 7.51. The Bertz CT molecular complexity index is 624. The Morgan fingerprint density at radius 1 is 1.12 bits per heavy atom. The van der Waals surface area contributed by atoms with E-state index in [0.29, 0.717) is 6.04 Å². The highest BCUT2D eigenvalue weighted by molar-refractivity contribution is 5.91. The van der Waals surface area contributed by atoms with Crippen molar-refractivity contribution in [1.29, 1.82) is 0 Å². The summed E-state index contributed by atoms with van der Waals surface area (Å²) in [6.45, 7) is 12.5. The second-order valence-corrected chi connectivity index (χ2v) is 6.69. The Labute approximate surface area is 147 Å². The fourth-order valence-corrected chi connectivity index (χ4v) is 3.24. The molecule has 0 aliphatic heterocycles. The summed E-state index contributed by atoms with van der Waals surface area (Å²) in [4.78, 5) is 7.07. The van der Waals surface area contributed by atoms with Gasteiger partial charge in [0.2, 0.25) is 0 Å². The summed E-state index contributed by atoms with van der Waals surface area (Å²) < 4.78 is 0. The van der Waals surface area contributed by atoms with Gasteiger partial charge in [-0.25, -0.2) is 0 Å². The van der Waals surface area contributed by atoms with E-state index in [-0.39, 0.29) is 0 Å². The molecule has 24 heavy (non-hydrogen) atoms. The summed E-state index contributed by atoms with van der Waals surface area (Å²) in [7, 11) is 0. The molecule has 132 valence electrons. The fourth-order valence-electron chi connectivity index (χ4n) is 3.24. The molecule has 1 aromatic heterocycles. The minimum atomic E-state index is 0.474. The number of aromatic nitrogens is 1. The molecule has 1 N–H and O–H groups in total. The largest absolute Gasteiger partial charge is 0.382 e. The van der Waals surface area contributed by atoms with Crippen LogP contribution < -0.4 is 5.32 Å². The number of nitrogens with zero attached hydrogens (tertiary/aromatic N) is 2. The molecule has 0 saturated carbocycles. The normalized spacial score (nSPS) is 12.7. The maximum absolute atomic E-state index is 4.53. The molecule has 0 bridgehead atoms. The number of fused-ring (bicyclic) bond motifs is 1. The van der Waals surface area contributed by atoms with E-state index < -0.39 is 0 Å². The zero-order valence-corrected chi connectivity index (χ0v) is 15.8. The predicted molar refractivity (Wildman–Crippen MR) is 106 cm³/mol. The van der Waals surface area contributed by atoms with Crippen LogP contribution in [0.1, 0.15) is 52.5 Å². The number of anilines is 1. The molecule has 2 rings (SSSR count). The first-order valence-electron chi connectivity index (χ1n) is 9.54. The van der Waals surface area contributed by atoms with Gasteiger partial charge in [-0.15, -0.1) is 0 Å². The van der Waals surface area contributed by atoms with E-state index in [2.05, 4.69) is 67.2 Å². The number of hydrogen-bond acceptors (Lipinski definition) is 3. The van der Waals surface area contributed by atoms with Crippen molar-refractivity contribution in [3.05, 3.63) is 36.0 Å². The predicted octanol–water partition coefficient (Wildman–Crippen LogP) is 5.11. The van der Waals surface area contributed by atoms with Crippen molar-refractivity contribution in [2.75, 3.05) is 25.0 Å². The van der Waals surface area contributed by atoms with Crippen molar-refractivity contribution in [2.45, 2.75) is 59.4 Å². The molecule has 0 aliphatic rings. The van der Waals surface area contributed by atoms with Gasteiger partial charge in [-0.05, 0) is 69.9 Å². The summed E-state index contributed by atoms with van der Waals surface area (Å²) in [5, 5.41) is 4.91. The summed E-state index contributed by atoms with van der Waals surface area (Å²) in [5.41, 5.74) is 3.64. The Hall–Kier alpha value is -1.61. The number of benzene rings is 1. The van der Waals surface area contributed by atoms with Crippen LogP contribution in [0.25, 0.3) is 10.9 Å². The Morgan fingerprint density at radius 3 is 2.67 bits per heavy atom. The third-order valence-corrected chi connectivity index (χ3v) is 4.72. The highest BCUT2D eigenvalue weighted by Gasteiger charge is 2.08. The molecule has 0 fully saturated rings. The van der Waals surface area contributed by atoms with Crippen LogP contribution in [0.4, 0.5) is 5.69 Å². The molecule has 1 aromatic carbocycles. The maximum atomic E-state index is 4.53. The van der Waals surface area contributed by atoms with Crippen molar-refractivity contribution in [3.8, 4) is 0 Å². The number of nitrogens with one attached hydrogen (secondary N) is 1. The quantitative estimate of drug-likeness (QED) is 0.657. The second kappa shape index (κ2) is 9.63.